The Morgan fingerprint density at radius 2 is 1.41 bits per heavy atom. The second-order valence-electron chi connectivity index (χ2n) is 8.96. The highest BCUT2D eigenvalue weighted by Crippen LogP contribution is 2.62. The van der Waals surface area contributed by atoms with Gasteiger partial charge in [0.15, 0.2) is 0 Å². The lowest BCUT2D eigenvalue weighted by Gasteiger charge is -2.59. The van der Waals surface area contributed by atoms with Gasteiger partial charge in [-0.05, 0) is 35.3 Å². The summed E-state index contributed by atoms with van der Waals surface area (Å²) in [6.07, 6.45) is 3.84. The van der Waals surface area contributed by atoms with Crippen molar-refractivity contribution in [2.45, 2.75) is 50.5 Å². The molecule has 0 spiro atoms. The van der Waals surface area contributed by atoms with Crippen LogP contribution in [-0.4, -0.2) is 14.3 Å². The van der Waals surface area contributed by atoms with E-state index in [2.05, 4.69) is 88.5 Å². The largest absolute Gasteiger partial charge is 0.447 e. The molecule has 0 unspecified atom stereocenters. The Hall–Kier alpha value is -1.88. The molecule has 27 heavy (non-hydrogen) atoms. The molecule has 1 fully saturated rings. The summed E-state index contributed by atoms with van der Waals surface area (Å²) in [5, 5.41) is 0.0688. The van der Waals surface area contributed by atoms with Gasteiger partial charge in [0, 0.05) is 0 Å². The first-order chi connectivity index (χ1) is 12.7. The number of hydrogen-bond acceptors (Lipinski definition) is 3. The van der Waals surface area contributed by atoms with Crippen LogP contribution in [0.15, 0.2) is 73.0 Å². The third-order valence-electron chi connectivity index (χ3n) is 6.23. The highest BCUT2D eigenvalue weighted by atomic mass is 28.4. The summed E-state index contributed by atoms with van der Waals surface area (Å²) in [5.41, 5.74) is 1.63. The SMILES string of the molecule is CC(C)(C)[Si](C)(C)O[C@]12OC=C[C@H]1C(c1ccccc1)(c1ccccc1)O2. The summed E-state index contributed by atoms with van der Waals surface area (Å²) >= 11 is 0. The Balaban J connectivity index is 1.78. The first kappa shape index (κ1) is 18.5. The molecular formula is C23H28O3Si. The van der Waals surface area contributed by atoms with Crippen molar-refractivity contribution in [3.63, 3.8) is 0 Å². The lowest BCUT2D eigenvalue weighted by Crippen LogP contribution is -2.69. The highest BCUT2D eigenvalue weighted by molar-refractivity contribution is 6.74. The van der Waals surface area contributed by atoms with Gasteiger partial charge in [0.1, 0.15) is 11.5 Å². The molecule has 4 heteroatoms. The number of hydrogen-bond donors (Lipinski definition) is 0. The summed E-state index contributed by atoms with van der Waals surface area (Å²) in [7, 11) is -2.09. The van der Waals surface area contributed by atoms with Crippen LogP contribution < -0.4 is 0 Å². The predicted molar refractivity (Wildman–Crippen MR) is 109 cm³/mol. The standard InChI is InChI=1S/C23H28O3Si/c1-21(2,3)27(4,5)26-23-20(16-17-24-23)22(25-23,18-12-8-6-9-13-18)19-14-10-7-11-15-19/h6-17,20H,1-5H3/t20-,23-/m0/s1. The van der Waals surface area contributed by atoms with E-state index in [9.17, 15) is 0 Å². The molecule has 0 N–H and O–H groups in total. The van der Waals surface area contributed by atoms with Crippen molar-refractivity contribution in [3.8, 4) is 0 Å². The minimum absolute atomic E-state index is 0.0380. The van der Waals surface area contributed by atoms with E-state index >= 15 is 0 Å². The minimum Gasteiger partial charge on any atom is -0.447 e. The highest BCUT2D eigenvalue weighted by Gasteiger charge is 2.72. The molecule has 0 aliphatic carbocycles. The maximum atomic E-state index is 6.68. The van der Waals surface area contributed by atoms with Crippen LogP contribution in [0.4, 0.5) is 0 Å². The quantitative estimate of drug-likeness (QED) is 0.628. The maximum absolute atomic E-state index is 6.68. The van der Waals surface area contributed by atoms with Gasteiger partial charge < -0.3 is 13.9 Å². The van der Waals surface area contributed by atoms with Crippen LogP contribution in [0, 0.1) is 5.92 Å². The average molecular weight is 381 g/mol. The van der Waals surface area contributed by atoms with Crippen LogP contribution in [0.25, 0.3) is 0 Å². The van der Waals surface area contributed by atoms with Gasteiger partial charge in [0.2, 0.25) is 8.32 Å². The molecule has 2 aromatic rings. The van der Waals surface area contributed by atoms with Gasteiger partial charge in [-0.25, -0.2) is 0 Å². The molecule has 2 heterocycles. The molecule has 1 saturated heterocycles. The van der Waals surface area contributed by atoms with Crippen LogP contribution in [0.2, 0.25) is 18.1 Å². The smallest absolute Gasteiger partial charge is 0.328 e. The first-order valence-corrected chi connectivity index (χ1v) is 12.5. The Morgan fingerprint density at radius 3 is 1.89 bits per heavy atom. The summed E-state index contributed by atoms with van der Waals surface area (Å²) in [5.74, 6) is -1.07. The second-order valence-corrected chi connectivity index (χ2v) is 13.7. The van der Waals surface area contributed by atoms with Gasteiger partial charge in [-0.1, -0.05) is 81.4 Å². The summed E-state index contributed by atoms with van der Waals surface area (Å²) < 4.78 is 19.3. The summed E-state index contributed by atoms with van der Waals surface area (Å²) in [6.45, 7) is 11.2. The van der Waals surface area contributed by atoms with E-state index in [1.807, 2.05) is 12.1 Å². The van der Waals surface area contributed by atoms with Gasteiger partial charge in [-0.15, -0.1) is 0 Å². The Bertz CT molecular complexity index is 799. The zero-order valence-electron chi connectivity index (χ0n) is 16.7. The minimum atomic E-state index is -2.09. The number of fused-ring (bicyclic) bond motifs is 1. The molecule has 2 atom stereocenters. The molecule has 4 rings (SSSR count). The van der Waals surface area contributed by atoms with Crippen molar-refractivity contribution in [1.82, 2.24) is 0 Å². The predicted octanol–water partition coefficient (Wildman–Crippen LogP) is 5.80. The van der Waals surface area contributed by atoms with Crippen LogP contribution in [-0.2, 0) is 19.5 Å². The zero-order chi connectivity index (χ0) is 19.3. The Kier molecular flexibility index (Phi) is 4.15. The van der Waals surface area contributed by atoms with Crippen molar-refractivity contribution in [3.05, 3.63) is 84.1 Å². The molecule has 142 valence electrons. The van der Waals surface area contributed by atoms with Crippen molar-refractivity contribution in [2.24, 2.45) is 5.92 Å². The molecule has 2 aromatic carbocycles. The number of benzene rings is 2. The summed E-state index contributed by atoms with van der Waals surface area (Å²) in [6, 6.07) is 20.8. The van der Waals surface area contributed by atoms with E-state index in [4.69, 9.17) is 13.9 Å². The molecule has 2 aliphatic heterocycles. The molecule has 2 aliphatic rings. The number of ether oxygens (including phenoxy) is 2. The topological polar surface area (TPSA) is 27.7 Å². The van der Waals surface area contributed by atoms with E-state index in [1.165, 1.54) is 0 Å². The monoisotopic (exact) mass is 380 g/mol. The second kappa shape index (κ2) is 6.06. The van der Waals surface area contributed by atoms with Crippen molar-refractivity contribution >= 4 is 8.32 Å². The lowest BCUT2D eigenvalue weighted by molar-refractivity contribution is -0.466. The van der Waals surface area contributed by atoms with E-state index in [-0.39, 0.29) is 11.0 Å². The molecule has 0 aromatic heterocycles. The first-order valence-electron chi connectivity index (χ1n) is 9.57. The fraction of sp³-hybridized carbons (Fsp3) is 0.391. The average Bonchev–Trinajstić information content (AvgIpc) is 2.94. The normalized spacial score (nSPS) is 26.2. The third kappa shape index (κ3) is 2.70. The van der Waals surface area contributed by atoms with Gasteiger partial charge in [0.05, 0.1) is 6.26 Å². The van der Waals surface area contributed by atoms with E-state index in [1.54, 1.807) is 6.26 Å². The molecule has 0 bridgehead atoms. The van der Waals surface area contributed by atoms with Crippen LogP contribution >= 0.6 is 0 Å². The zero-order valence-corrected chi connectivity index (χ0v) is 17.7. The fourth-order valence-electron chi connectivity index (χ4n) is 3.74. The van der Waals surface area contributed by atoms with Crippen LogP contribution in [0.5, 0.6) is 0 Å². The van der Waals surface area contributed by atoms with Gasteiger partial charge in [0.25, 0.3) is 0 Å². The van der Waals surface area contributed by atoms with E-state index < -0.39 is 19.9 Å². The Morgan fingerprint density at radius 1 is 0.889 bits per heavy atom. The lowest BCUT2D eigenvalue weighted by atomic mass is 9.70. The molecule has 0 amide bonds. The molecule has 0 saturated carbocycles. The molecule has 3 nitrogen and oxygen atoms in total. The third-order valence-corrected chi connectivity index (χ3v) is 10.6. The van der Waals surface area contributed by atoms with Crippen molar-refractivity contribution in [1.29, 1.82) is 0 Å². The molecule has 0 radical (unpaired) electrons. The molecular weight excluding hydrogens is 352 g/mol. The van der Waals surface area contributed by atoms with Crippen molar-refractivity contribution < 1.29 is 13.9 Å². The van der Waals surface area contributed by atoms with Crippen LogP contribution in [0.3, 0.4) is 0 Å². The van der Waals surface area contributed by atoms with E-state index in [0.717, 1.165) is 11.1 Å². The van der Waals surface area contributed by atoms with Crippen molar-refractivity contribution in [2.75, 3.05) is 0 Å². The van der Waals surface area contributed by atoms with Gasteiger partial charge in [-0.2, -0.15) is 0 Å². The fourth-order valence-corrected chi connectivity index (χ4v) is 4.97. The van der Waals surface area contributed by atoms with E-state index in [0.29, 0.717) is 0 Å². The van der Waals surface area contributed by atoms with Gasteiger partial charge in [-0.3, -0.25) is 0 Å². The Labute approximate surface area is 163 Å². The van der Waals surface area contributed by atoms with Crippen LogP contribution in [0.1, 0.15) is 31.9 Å². The summed E-state index contributed by atoms with van der Waals surface area (Å²) in [4.78, 5) is 0. The van der Waals surface area contributed by atoms with Gasteiger partial charge >= 0.3 is 5.97 Å². The maximum Gasteiger partial charge on any atom is 0.328 e. The number of rotatable bonds is 4.